The first-order valence-corrected chi connectivity index (χ1v) is 7.87. The van der Waals surface area contributed by atoms with Gasteiger partial charge in [-0.05, 0) is 18.1 Å². The first kappa shape index (κ1) is 15.5. The molecule has 21 heavy (non-hydrogen) atoms. The van der Waals surface area contributed by atoms with Crippen LogP contribution in [-0.4, -0.2) is 25.0 Å². The Morgan fingerprint density at radius 2 is 2.05 bits per heavy atom. The van der Waals surface area contributed by atoms with Crippen molar-refractivity contribution in [3.8, 4) is 0 Å². The fourth-order valence-corrected chi connectivity index (χ4v) is 3.00. The van der Waals surface area contributed by atoms with E-state index >= 15 is 0 Å². The van der Waals surface area contributed by atoms with Crippen LogP contribution < -0.4 is 10.2 Å². The fourth-order valence-electron chi connectivity index (χ4n) is 2.01. The van der Waals surface area contributed by atoms with Crippen LogP contribution in [0, 0.1) is 5.92 Å². The standard InChI is InChI=1S/C16H21N3OS/c1-11(2)9-15-17-13(10-21-15)16(20)18-12-7-5-6-8-14(12)19(3)4/h5-8,10-11H,9H2,1-4H3,(H,18,20). The van der Waals surface area contributed by atoms with Crippen LogP contribution in [0.4, 0.5) is 11.4 Å². The Labute approximate surface area is 129 Å². The van der Waals surface area contributed by atoms with Crippen LogP contribution in [0.15, 0.2) is 29.6 Å². The van der Waals surface area contributed by atoms with Gasteiger partial charge >= 0.3 is 0 Å². The van der Waals surface area contributed by atoms with Crippen molar-refractivity contribution in [2.45, 2.75) is 20.3 Å². The number of rotatable bonds is 5. The van der Waals surface area contributed by atoms with Crippen molar-refractivity contribution >= 4 is 28.6 Å². The van der Waals surface area contributed by atoms with Crippen LogP contribution in [0.1, 0.15) is 29.3 Å². The number of thiazole rings is 1. The van der Waals surface area contributed by atoms with E-state index in [0.29, 0.717) is 11.6 Å². The maximum absolute atomic E-state index is 12.3. The Bertz CT molecular complexity index is 619. The molecule has 1 amide bonds. The molecule has 112 valence electrons. The number of carbonyl (C=O) groups excluding carboxylic acids is 1. The van der Waals surface area contributed by atoms with E-state index in [2.05, 4.69) is 24.1 Å². The van der Waals surface area contributed by atoms with E-state index in [1.54, 1.807) is 11.3 Å². The van der Waals surface area contributed by atoms with Gasteiger partial charge in [-0.3, -0.25) is 4.79 Å². The zero-order valence-corrected chi connectivity index (χ0v) is 13.7. The molecule has 1 N–H and O–H groups in total. The third-order valence-corrected chi connectivity index (χ3v) is 3.87. The van der Waals surface area contributed by atoms with Crippen LogP contribution in [0.3, 0.4) is 0 Å². The number of para-hydroxylation sites is 2. The van der Waals surface area contributed by atoms with E-state index in [9.17, 15) is 4.79 Å². The molecule has 1 aromatic heterocycles. The summed E-state index contributed by atoms with van der Waals surface area (Å²) in [5.41, 5.74) is 2.26. The minimum Gasteiger partial charge on any atom is -0.376 e. The maximum atomic E-state index is 12.3. The van der Waals surface area contributed by atoms with E-state index in [4.69, 9.17) is 0 Å². The summed E-state index contributed by atoms with van der Waals surface area (Å²) in [5, 5.41) is 5.77. The first-order valence-electron chi connectivity index (χ1n) is 6.99. The molecule has 0 aliphatic rings. The Morgan fingerprint density at radius 3 is 2.71 bits per heavy atom. The zero-order valence-electron chi connectivity index (χ0n) is 12.9. The first-order chi connectivity index (χ1) is 9.97. The summed E-state index contributed by atoms with van der Waals surface area (Å²) in [6.07, 6.45) is 0.909. The molecule has 0 unspecified atom stereocenters. The predicted octanol–water partition coefficient (Wildman–Crippen LogP) is 3.66. The Morgan fingerprint density at radius 1 is 1.33 bits per heavy atom. The fraction of sp³-hybridized carbons (Fsp3) is 0.375. The number of benzene rings is 1. The van der Waals surface area contributed by atoms with Crippen LogP contribution in [0.5, 0.6) is 0 Å². The Balaban J connectivity index is 2.13. The molecular formula is C16H21N3OS. The minimum absolute atomic E-state index is 0.157. The van der Waals surface area contributed by atoms with Crippen LogP contribution in [-0.2, 0) is 6.42 Å². The molecular weight excluding hydrogens is 282 g/mol. The summed E-state index contributed by atoms with van der Waals surface area (Å²) in [4.78, 5) is 18.7. The summed E-state index contributed by atoms with van der Waals surface area (Å²) >= 11 is 1.54. The maximum Gasteiger partial charge on any atom is 0.275 e. The summed E-state index contributed by atoms with van der Waals surface area (Å²) in [7, 11) is 3.91. The quantitative estimate of drug-likeness (QED) is 0.917. The van der Waals surface area contributed by atoms with Crippen molar-refractivity contribution in [3.05, 3.63) is 40.3 Å². The van der Waals surface area contributed by atoms with E-state index in [0.717, 1.165) is 22.8 Å². The summed E-state index contributed by atoms with van der Waals surface area (Å²) in [6.45, 7) is 4.29. The zero-order chi connectivity index (χ0) is 15.4. The van der Waals surface area contributed by atoms with Crippen LogP contribution in [0.2, 0.25) is 0 Å². The van der Waals surface area contributed by atoms with Crippen LogP contribution >= 0.6 is 11.3 Å². The van der Waals surface area contributed by atoms with Gasteiger partial charge in [-0.2, -0.15) is 0 Å². The molecule has 1 aromatic carbocycles. The number of aromatic nitrogens is 1. The molecule has 5 heteroatoms. The molecule has 2 rings (SSSR count). The highest BCUT2D eigenvalue weighted by atomic mass is 32.1. The lowest BCUT2D eigenvalue weighted by molar-refractivity contribution is 0.102. The number of carbonyl (C=O) groups is 1. The molecule has 0 bridgehead atoms. The van der Waals surface area contributed by atoms with Crippen LogP contribution in [0.25, 0.3) is 0 Å². The number of nitrogens with zero attached hydrogens (tertiary/aromatic N) is 2. The molecule has 0 atom stereocenters. The normalized spacial score (nSPS) is 10.7. The van der Waals surface area contributed by atoms with Crippen molar-refractivity contribution in [3.63, 3.8) is 0 Å². The third kappa shape index (κ3) is 4.04. The molecule has 0 radical (unpaired) electrons. The smallest absolute Gasteiger partial charge is 0.275 e. The largest absolute Gasteiger partial charge is 0.376 e. The predicted molar refractivity (Wildman–Crippen MR) is 89.4 cm³/mol. The molecule has 4 nitrogen and oxygen atoms in total. The van der Waals surface area contributed by atoms with Crippen molar-refractivity contribution < 1.29 is 4.79 Å². The van der Waals surface area contributed by atoms with Gasteiger partial charge in [0.05, 0.1) is 16.4 Å². The molecule has 1 heterocycles. The van der Waals surface area contributed by atoms with Gasteiger partial charge in [-0.25, -0.2) is 4.98 Å². The van der Waals surface area contributed by atoms with Crippen molar-refractivity contribution in [1.82, 2.24) is 4.98 Å². The topological polar surface area (TPSA) is 45.2 Å². The van der Waals surface area contributed by atoms with Gasteiger partial charge in [0, 0.05) is 25.9 Å². The van der Waals surface area contributed by atoms with Gasteiger partial charge in [0.25, 0.3) is 5.91 Å². The lowest BCUT2D eigenvalue weighted by atomic mass is 10.1. The average molecular weight is 303 g/mol. The van der Waals surface area contributed by atoms with Gasteiger partial charge in [-0.15, -0.1) is 11.3 Å². The molecule has 0 aliphatic carbocycles. The lowest BCUT2D eigenvalue weighted by Gasteiger charge is -2.17. The molecule has 0 saturated carbocycles. The lowest BCUT2D eigenvalue weighted by Crippen LogP contribution is -2.17. The highest BCUT2D eigenvalue weighted by Gasteiger charge is 2.13. The molecule has 0 aliphatic heterocycles. The summed E-state index contributed by atoms with van der Waals surface area (Å²) < 4.78 is 0. The van der Waals surface area contributed by atoms with Crippen molar-refractivity contribution in [1.29, 1.82) is 0 Å². The Kier molecular flexibility index (Phi) is 4.96. The van der Waals surface area contributed by atoms with E-state index in [-0.39, 0.29) is 5.91 Å². The van der Waals surface area contributed by atoms with E-state index in [1.807, 2.05) is 48.6 Å². The third-order valence-electron chi connectivity index (χ3n) is 3.00. The summed E-state index contributed by atoms with van der Waals surface area (Å²) in [6, 6.07) is 7.73. The number of nitrogens with one attached hydrogen (secondary N) is 1. The molecule has 2 aromatic rings. The van der Waals surface area contributed by atoms with Crippen molar-refractivity contribution in [2.24, 2.45) is 5.92 Å². The average Bonchev–Trinajstić information content (AvgIpc) is 2.86. The van der Waals surface area contributed by atoms with E-state index in [1.165, 1.54) is 0 Å². The molecule has 0 spiro atoms. The SMILES string of the molecule is CC(C)Cc1nc(C(=O)Nc2ccccc2N(C)C)cs1. The molecule has 0 saturated heterocycles. The number of hydrogen-bond donors (Lipinski definition) is 1. The van der Waals surface area contributed by atoms with Crippen molar-refractivity contribution in [2.75, 3.05) is 24.3 Å². The molecule has 0 fully saturated rings. The second kappa shape index (κ2) is 6.72. The second-order valence-electron chi connectivity index (χ2n) is 5.59. The minimum atomic E-state index is -0.157. The monoisotopic (exact) mass is 303 g/mol. The number of anilines is 2. The van der Waals surface area contributed by atoms with Gasteiger partial charge in [-0.1, -0.05) is 26.0 Å². The number of hydrogen-bond acceptors (Lipinski definition) is 4. The number of amides is 1. The highest BCUT2D eigenvalue weighted by Crippen LogP contribution is 2.24. The highest BCUT2D eigenvalue weighted by molar-refractivity contribution is 7.09. The Hall–Kier alpha value is -1.88. The van der Waals surface area contributed by atoms with E-state index < -0.39 is 0 Å². The van der Waals surface area contributed by atoms with Gasteiger partial charge in [0.1, 0.15) is 5.69 Å². The van der Waals surface area contributed by atoms with Gasteiger partial charge in [0.15, 0.2) is 0 Å². The van der Waals surface area contributed by atoms with Gasteiger partial charge in [0.2, 0.25) is 0 Å². The van der Waals surface area contributed by atoms with Gasteiger partial charge < -0.3 is 10.2 Å². The summed E-state index contributed by atoms with van der Waals surface area (Å²) in [5.74, 6) is 0.386. The second-order valence-corrected chi connectivity index (χ2v) is 6.53.